The lowest BCUT2D eigenvalue weighted by atomic mass is 10.1. The first-order valence-electron chi connectivity index (χ1n) is 10.8. The van der Waals surface area contributed by atoms with E-state index in [0.717, 1.165) is 16.8 Å². The maximum atomic E-state index is 13.2. The average molecular weight is 437 g/mol. The minimum atomic E-state index is -0.510. The molecule has 1 aliphatic rings. The number of methoxy groups -OCH3 is 1. The summed E-state index contributed by atoms with van der Waals surface area (Å²) in [6.07, 6.45) is 0. The van der Waals surface area contributed by atoms with Gasteiger partial charge in [0.05, 0.1) is 24.1 Å². The van der Waals surface area contributed by atoms with Crippen LogP contribution in [0.1, 0.15) is 22.8 Å². The molecule has 168 valence electrons. The quantitative estimate of drug-likeness (QED) is 0.661. The molecule has 1 saturated heterocycles. The number of benzene rings is 2. The van der Waals surface area contributed by atoms with Gasteiger partial charge in [0.15, 0.2) is 0 Å². The molecule has 8 heteroatoms. The van der Waals surface area contributed by atoms with Gasteiger partial charge in [-0.1, -0.05) is 12.1 Å². The summed E-state index contributed by atoms with van der Waals surface area (Å²) >= 11 is 0. The lowest BCUT2D eigenvalue weighted by Gasteiger charge is -2.41. The van der Waals surface area contributed by atoms with Crippen molar-refractivity contribution in [2.45, 2.75) is 26.4 Å². The van der Waals surface area contributed by atoms with Crippen molar-refractivity contribution < 1.29 is 9.53 Å². The molecule has 0 bridgehead atoms. The molecular weight excluding hydrogens is 408 g/mol. The standard InChI is InChI=1S/C24H28N4O4/c1-16-5-4-6-19(13-16)27-10-9-26(15-17(27)2)22(29)18-7-8-20-21(14-18)25-24(31)28(23(20)30)11-12-32-3/h4-8,13-14,17H,9-12,15H2,1-3H3,(H,25,31)/t17-/m1/s1. The number of aromatic amines is 1. The maximum absolute atomic E-state index is 13.2. The number of hydrogen-bond donors (Lipinski definition) is 1. The molecule has 2 aromatic carbocycles. The van der Waals surface area contributed by atoms with Crippen molar-refractivity contribution in [1.82, 2.24) is 14.5 Å². The number of fused-ring (bicyclic) bond motifs is 1. The zero-order chi connectivity index (χ0) is 22.8. The number of carbonyl (C=O) groups is 1. The molecule has 0 radical (unpaired) electrons. The first kappa shape index (κ1) is 21.8. The molecule has 1 amide bonds. The van der Waals surface area contributed by atoms with Crippen LogP contribution in [0.25, 0.3) is 10.9 Å². The summed E-state index contributed by atoms with van der Waals surface area (Å²) in [6, 6.07) is 13.4. The predicted octanol–water partition coefficient (Wildman–Crippen LogP) is 2.00. The van der Waals surface area contributed by atoms with Gasteiger partial charge in [-0.2, -0.15) is 0 Å². The van der Waals surface area contributed by atoms with E-state index in [2.05, 4.69) is 41.9 Å². The number of ether oxygens (including phenoxy) is 1. The third kappa shape index (κ3) is 4.18. The van der Waals surface area contributed by atoms with Crippen LogP contribution in [0, 0.1) is 6.92 Å². The van der Waals surface area contributed by atoms with E-state index >= 15 is 0 Å². The number of hydrogen-bond acceptors (Lipinski definition) is 5. The van der Waals surface area contributed by atoms with Crippen molar-refractivity contribution in [3.05, 3.63) is 74.4 Å². The van der Waals surface area contributed by atoms with Gasteiger partial charge in [-0.3, -0.25) is 14.2 Å². The van der Waals surface area contributed by atoms with Crippen LogP contribution in [0.3, 0.4) is 0 Å². The number of carbonyl (C=O) groups excluding carboxylic acids is 1. The topological polar surface area (TPSA) is 87.6 Å². The first-order valence-corrected chi connectivity index (χ1v) is 10.8. The van der Waals surface area contributed by atoms with Gasteiger partial charge < -0.3 is 19.5 Å². The number of rotatable bonds is 5. The van der Waals surface area contributed by atoms with Crippen molar-refractivity contribution in [1.29, 1.82) is 0 Å². The molecule has 1 fully saturated rings. The lowest BCUT2D eigenvalue weighted by molar-refractivity contribution is 0.0726. The van der Waals surface area contributed by atoms with Crippen molar-refractivity contribution in [2.24, 2.45) is 0 Å². The van der Waals surface area contributed by atoms with Gasteiger partial charge in [0.2, 0.25) is 0 Å². The summed E-state index contributed by atoms with van der Waals surface area (Å²) in [7, 11) is 1.51. The summed E-state index contributed by atoms with van der Waals surface area (Å²) < 4.78 is 6.08. The Balaban J connectivity index is 1.55. The number of aryl methyl sites for hydroxylation is 1. The summed E-state index contributed by atoms with van der Waals surface area (Å²) in [4.78, 5) is 45.0. The Labute approximate surface area is 186 Å². The van der Waals surface area contributed by atoms with Gasteiger partial charge in [-0.25, -0.2) is 4.79 Å². The Morgan fingerprint density at radius 3 is 2.69 bits per heavy atom. The second-order valence-electron chi connectivity index (χ2n) is 8.27. The van der Waals surface area contributed by atoms with Gasteiger partial charge in [-0.05, 0) is 49.7 Å². The van der Waals surface area contributed by atoms with E-state index < -0.39 is 5.69 Å². The highest BCUT2D eigenvalue weighted by Crippen LogP contribution is 2.23. The number of amides is 1. The van der Waals surface area contributed by atoms with Crippen LogP contribution in [-0.2, 0) is 11.3 Å². The van der Waals surface area contributed by atoms with Crippen LogP contribution >= 0.6 is 0 Å². The fourth-order valence-electron chi connectivity index (χ4n) is 4.29. The maximum Gasteiger partial charge on any atom is 0.328 e. The number of anilines is 1. The number of nitrogens with zero attached hydrogens (tertiary/aromatic N) is 3. The number of aromatic nitrogens is 2. The highest BCUT2D eigenvalue weighted by molar-refractivity contribution is 5.97. The van der Waals surface area contributed by atoms with E-state index in [4.69, 9.17) is 4.74 Å². The zero-order valence-electron chi connectivity index (χ0n) is 18.6. The third-order valence-corrected chi connectivity index (χ3v) is 6.00. The van der Waals surface area contributed by atoms with Crippen molar-refractivity contribution in [2.75, 3.05) is 38.3 Å². The summed E-state index contributed by atoms with van der Waals surface area (Å²) in [5.74, 6) is -0.105. The van der Waals surface area contributed by atoms with Gasteiger partial charge >= 0.3 is 5.69 Å². The Morgan fingerprint density at radius 2 is 1.97 bits per heavy atom. The van der Waals surface area contributed by atoms with Crippen LogP contribution in [-0.4, -0.2) is 59.8 Å². The van der Waals surface area contributed by atoms with Crippen LogP contribution in [0.15, 0.2) is 52.1 Å². The van der Waals surface area contributed by atoms with Gasteiger partial charge in [0.1, 0.15) is 0 Å². The van der Waals surface area contributed by atoms with Gasteiger partial charge in [-0.15, -0.1) is 0 Å². The summed E-state index contributed by atoms with van der Waals surface area (Å²) in [5.41, 5.74) is 2.30. The van der Waals surface area contributed by atoms with Gasteiger partial charge in [0, 0.05) is 44.0 Å². The van der Waals surface area contributed by atoms with Crippen molar-refractivity contribution in [3.8, 4) is 0 Å². The molecule has 0 saturated carbocycles. The molecule has 0 aliphatic carbocycles. The predicted molar refractivity (Wildman–Crippen MR) is 125 cm³/mol. The minimum absolute atomic E-state index is 0.105. The number of nitrogens with one attached hydrogen (secondary N) is 1. The SMILES string of the molecule is COCCn1c(=O)[nH]c2cc(C(=O)N3CCN(c4cccc(C)c4)[C@H](C)C3)ccc2c1=O. The Hall–Kier alpha value is -3.39. The molecule has 1 atom stereocenters. The van der Waals surface area contributed by atoms with Gasteiger partial charge in [0.25, 0.3) is 11.5 Å². The van der Waals surface area contributed by atoms with Crippen LogP contribution in [0.4, 0.5) is 5.69 Å². The smallest absolute Gasteiger partial charge is 0.328 e. The molecule has 1 aromatic heterocycles. The van der Waals surface area contributed by atoms with E-state index in [1.54, 1.807) is 18.2 Å². The second-order valence-corrected chi connectivity index (χ2v) is 8.27. The molecule has 4 rings (SSSR count). The Bertz CT molecular complexity index is 1260. The third-order valence-electron chi connectivity index (χ3n) is 6.00. The average Bonchev–Trinajstić information content (AvgIpc) is 2.78. The monoisotopic (exact) mass is 436 g/mol. The molecular formula is C24H28N4O4. The Kier molecular flexibility index (Phi) is 6.14. The van der Waals surface area contributed by atoms with Crippen LogP contribution in [0.2, 0.25) is 0 Å². The molecule has 8 nitrogen and oxygen atoms in total. The Morgan fingerprint density at radius 1 is 1.16 bits per heavy atom. The molecule has 2 heterocycles. The van der Waals surface area contributed by atoms with E-state index in [0.29, 0.717) is 29.6 Å². The normalized spacial score (nSPS) is 16.5. The highest BCUT2D eigenvalue weighted by atomic mass is 16.5. The van der Waals surface area contributed by atoms with Crippen molar-refractivity contribution >= 4 is 22.5 Å². The molecule has 1 N–H and O–H groups in total. The number of piperazine rings is 1. The fraction of sp³-hybridized carbons (Fsp3) is 0.375. The molecule has 3 aromatic rings. The first-order chi connectivity index (χ1) is 15.4. The molecule has 1 aliphatic heterocycles. The minimum Gasteiger partial charge on any atom is -0.383 e. The van der Waals surface area contributed by atoms with Crippen LogP contribution in [0.5, 0.6) is 0 Å². The molecule has 0 spiro atoms. The molecule has 0 unspecified atom stereocenters. The van der Waals surface area contributed by atoms with E-state index in [1.807, 2.05) is 11.0 Å². The second kappa shape index (κ2) is 9.00. The highest BCUT2D eigenvalue weighted by Gasteiger charge is 2.27. The summed E-state index contributed by atoms with van der Waals surface area (Å²) in [5, 5.41) is 0.370. The van der Waals surface area contributed by atoms with E-state index in [1.165, 1.54) is 12.7 Å². The van der Waals surface area contributed by atoms with E-state index in [9.17, 15) is 14.4 Å². The number of H-pyrrole nitrogens is 1. The lowest BCUT2D eigenvalue weighted by Crippen LogP contribution is -2.53. The molecule has 32 heavy (non-hydrogen) atoms. The van der Waals surface area contributed by atoms with E-state index in [-0.39, 0.29) is 30.7 Å². The largest absolute Gasteiger partial charge is 0.383 e. The van der Waals surface area contributed by atoms with Crippen LogP contribution < -0.4 is 16.1 Å². The fourth-order valence-corrected chi connectivity index (χ4v) is 4.29. The summed E-state index contributed by atoms with van der Waals surface area (Å²) in [6.45, 7) is 6.56. The zero-order valence-corrected chi connectivity index (χ0v) is 18.6. The van der Waals surface area contributed by atoms with Crippen molar-refractivity contribution in [3.63, 3.8) is 0 Å².